The molecule has 0 bridgehead atoms. The Hall–Kier alpha value is -2.42. The summed E-state index contributed by atoms with van der Waals surface area (Å²) in [5, 5.41) is 9.09. The van der Waals surface area contributed by atoms with Gasteiger partial charge < -0.3 is 9.96 Å². The van der Waals surface area contributed by atoms with Gasteiger partial charge in [0, 0.05) is 5.22 Å². The van der Waals surface area contributed by atoms with Gasteiger partial charge in [-0.05, 0) is 59.4 Å². The Morgan fingerprint density at radius 1 is 0.935 bits per heavy atom. The average Bonchev–Trinajstić information content (AvgIpc) is 2.83. The third-order valence-corrected chi connectivity index (χ3v) is 4.16. The molecule has 31 heavy (non-hydrogen) atoms. The second-order valence-corrected chi connectivity index (χ2v) is 5.48. The van der Waals surface area contributed by atoms with Gasteiger partial charge in [-0.25, -0.2) is 0 Å². The Bertz CT molecular complexity index is 1010. The second kappa shape index (κ2) is 20.8. The molecular formula is C28H46BNO. The molecule has 3 heteroatoms. The minimum atomic E-state index is 0.681. The normalized spacial score (nSPS) is 13.7. The summed E-state index contributed by atoms with van der Waals surface area (Å²) in [6, 6.07) is 0. The fourth-order valence-electron chi connectivity index (χ4n) is 3.15. The molecule has 2 radical (unpaired) electrons. The number of allylic oxidation sites excluding steroid dienone is 2. The first-order chi connectivity index (χ1) is 15.1. The largest absolute Gasteiger partial charge is 0.495 e. The number of rotatable bonds is 5. The van der Waals surface area contributed by atoms with Crippen molar-refractivity contribution in [1.82, 2.24) is 5.23 Å². The Morgan fingerprint density at radius 2 is 1.45 bits per heavy atom. The van der Waals surface area contributed by atoms with Crippen molar-refractivity contribution in [3.63, 3.8) is 0 Å². The zero-order chi connectivity index (χ0) is 25.0. The van der Waals surface area contributed by atoms with Crippen molar-refractivity contribution in [2.24, 2.45) is 0 Å². The highest BCUT2D eigenvalue weighted by Crippen LogP contribution is 2.04. The lowest BCUT2D eigenvalue weighted by Gasteiger charge is -2.12. The van der Waals surface area contributed by atoms with E-state index in [4.69, 9.17) is 12.7 Å². The van der Waals surface area contributed by atoms with Crippen molar-refractivity contribution in [3.05, 3.63) is 55.8 Å². The van der Waals surface area contributed by atoms with Gasteiger partial charge in [0.1, 0.15) is 5.76 Å². The molecule has 0 saturated heterocycles. The van der Waals surface area contributed by atoms with Crippen LogP contribution in [-0.4, -0.2) is 15.1 Å². The predicted octanol–water partition coefficient (Wildman–Crippen LogP) is 3.26. The maximum absolute atomic E-state index is 5.87. The van der Waals surface area contributed by atoms with Crippen LogP contribution in [0.15, 0.2) is 24.5 Å². The van der Waals surface area contributed by atoms with Gasteiger partial charge >= 0.3 is 0 Å². The number of hydrogen-bond acceptors (Lipinski definition) is 2. The molecule has 0 aliphatic carbocycles. The van der Waals surface area contributed by atoms with Crippen molar-refractivity contribution in [2.45, 2.75) is 75.7 Å². The number of benzene rings is 1. The number of ether oxygens (including phenoxy) is 1. The molecule has 1 aromatic carbocycles. The minimum Gasteiger partial charge on any atom is -0.495 e. The SMILES string of the molecule is CC.CC.CC.[B]NC(/C(=C\C)OC)=c1/c(=C)c(=C/C)/c(=C\C=C)c(=C/CC)/c1=C\C. The van der Waals surface area contributed by atoms with Crippen LogP contribution in [0.4, 0.5) is 0 Å². The lowest BCUT2D eigenvalue weighted by Crippen LogP contribution is -2.66. The zero-order valence-electron chi connectivity index (χ0n) is 22.1. The van der Waals surface area contributed by atoms with Gasteiger partial charge in [0.05, 0.1) is 12.8 Å². The highest BCUT2D eigenvalue weighted by atomic mass is 16.5. The van der Waals surface area contributed by atoms with E-state index in [1.165, 1.54) is 0 Å². The number of methoxy groups -OCH3 is 1. The first kappa shape index (κ1) is 33.2. The molecule has 172 valence electrons. The van der Waals surface area contributed by atoms with Crippen LogP contribution in [0.5, 0.6) is 0 Å². The van der Waals surface area contributed by atoms with Crippen molar-refractivity contribution in [1.29, 1.82) is 0 Å². The smallest absolute Gasteiger partial charge is 0.222 e. The molecular weight excluding hydrogens is 377 g/mol. The molecule has 0 atom stereocenters. The summed E-state index contributed by atoms with van der Waals surface area (Å²) in [4.78, 5) is 0. The second-order valence-electron chi connectivity index (χ2n) is 5.48. The van der Waals surface area contributed by atoms with E-state index in [1.807, 2.05) is 80.5 Å². The third kappa shape index (κ3) is 8.69. The van der Waals surface area contributed by atoms with Crippen LogP contribution in [0.2, 0.25) is 0 Å². The maximum Gasteiger partial charge on any atom is 0.222 e. The van der Waals surface area contributed by atoms with E-state index in [2.05, 4.69) is 43.5 Å². The Morgan fingerprint density at radius 3 is 1.77 bits per heavy atom. The summed E-state index contributed by atoms with van der Waals surface area (Å²) in [5.41, 5.74) is 0.724. The van der Waals surface area contributed by atoms with Crippen molar-refractivity contribution >= 4 is 44.6 Å². The highest BCUT2D eigenvalue weighted by Gasteiger charge is 2.07. The molecule has 0 saturated carbocycles. The van der Waals surface area contributed by atoms with E-state index >= 15 is 0 Å². The molecule has 0 unspecified atom stereocenters. The number of nitrogens with one attached hydrogen (secondary N) is 1. The fourth-order valence-corrected chi connectivity index (χ4v) is 3.15. The van der Waals surface area contributed by atoms with Crippen molar-refractivity contribution in [3.8, 4) is 0 Å². The van der Waals surface area contributed by atoms with E-state index in [0.29, 0.717) is 5.76 Å². The standard InChI is InChI=1S/C22H28BNO.3C2H6/c1-8-13-18-16(10-3)15(6)21(17(11-4)19(18)14-9-2)22(24-23)20(12-5)25-7;3*1-2/h8,10-14,24H,1,6,9H2,2-5,7H3;3*1-2H3/b16-10-,17-11+,18-13+,19-14+,20-12+,22-21-;;;. The van der Waals surface area contributed by atoms with Crippen LogP contribution in [0.3, 0.4) is 0 Å². The Kier molecular flexibility index (Phi) is 22.3. The summed E-state index contributed by atoms with van der Waals surface area (Å²) < 4.78 is 5.51. The topological polar surface area (TPSA) is 21.3 Å². The molecule has 0 amide bonds. The van der Waals surface area contributed by atoms with Gasteiger partial charge in [0.15, 0.2) is 0 Å². The van der Waals surface area contributed by atoms with E-state index in [9.17, 15) is 0 Å². The van der Waals surface area contributed by atoms with Crippen LogP contribution in [0, 0.1) is 0 Å². The summed E-state index contributed by atoms with van der Waals surface area (Å²) >= 11 is 0. The molecule has 0 spiro atoms. The van der Waals surface area contributed by atoms with E-state index in [0.717, 1.165) is 43.4 Å². The first-order valence-corrected chi connectivity index (χ1v) is 11.5. The van der Waals surface area contributed by atoms with Crippen molar-refractivity contribution < 1.29 is 4.74 Å². The average molecular weight is 423 g/mol. The van der Waals surface area contributed by atoms with Crippen molar-refractivity contribution in [2.75, 3.05) is 7.11 Å². The summed E-state index contributed by atoms with van der Waals surface area (Å²) in [6.45, 7) is 28.3. The monoisotopic (exact) mass is 423 g/mol. The lowest BCUT2D eigenvalue weighted by molar-refractivity contribution is 0.308. The summed E-state index contributed by atoms with van der Waals surface area (Å²) in [7, 11) is 7.50. The molecule has 0 fully saturated rings. The molecule has 1 aromatic rings. The number of hydrogen-bond donors (Lipinski definition) is 1. The van der Waals surface area contributed by atoms with Gasteiger partial charge in [-0.15, -0.1) is 0 Å². The van der Waals surface area contributed by atoms with Crippen LogP contribution < -0.4 is 36.5 Å². The quantitative estimate of drug-likeness (QED) is 0.580. The predicted molar refractivity (Wildman–Crippen MR) is 147 cm³/mol. The molecule has 0 aromatic heterocycles. The lowest BCUT2D eigenvalue weighted by atomic mass is 10.0. The molecule has 0 aliphatic rings. The molecule has 2 nitrogen and oxygen atoms in total. The maximum atomic E-state index is 5.87. The van der Waals surface area contributed by atoms with Gasteiger partial charge in [-0.3, -0.25) is 0 Å². The fraction of sp³-hybridized carbons (Fsp3) is 0.429. The van der Waals surface area contributed by atoms with Crippen LogP contribution in [-0.2, 0) is 4.74 Å². The highest BCUT2D eigenvalue weighted by molar-refractivity contribution is 6.09. The molecule has 0 aliphatic heterocycles. The minimum absolute atomic E-state index is 0.681. The first-order valence-electron chi connectivity index (χ1n) is 11.5. The summed E-state index contributed by atoms with van der Waals surface area (Å²) in [6.07, 6.45) is 13.0. The zero-order valence-corrected chi connectivity index (χ0v) is 22.1. The van der Waals surface area contributed by atoms with Crippen LogP contribution in [0.25, 0.3) is 36.6 Å². The van der Waals surface area contributed by atoms with E-state index in [1.54, 1.807) is 7.11 Å². The van der Waals surface area contributed by atoms with Gasteiger partial charge in [-0.2, -0.15) is 0 Å². The van der Waals surface area contributed by atoms with Crippen LogP contribution >= 0.6 is 0 Å². The third-order valence-electron chi connectivity index (χ3n) is 4.16. The Labute approximate surface area is 193 Å². The molecule has 1 rings (SSSR count). The summed E-state index contributed by atoms with van der Waals surface area (Å²) in [5.74, 6) is 0.681. The van der Waals surface area contributed by atoms with Gasteiger partial charge in [-0.1, -0.05) is 92.0 Å². The Balaban J connectivity index is -0.00000120. The van der Waals surface area contributed by atoms with Crippen LogP contribution in [0.1, 0.15) is 75.7 Å². The van der Waals surface area contributed by atoms with E-state index < -0.39 is 0 Å². The molecule has 1 N–H and O–H groups in total. The van der Waals surface area contributed by atoms with Gasteiger partial charge in [0.25, 0.3) is 0 Å². The van der Waals surface area contributed by atoms with Gasteiger partial charge in [0.2, 0.25) is 7.98 Å². The van der Waals surface area contributed by atoms with E-state index in [-0.39, 0.29) is 0 Å². The molecule has 0 heterocycles.